The Bertz CT molecular complexity index is 555. The van der Waals surface area contributed by atoms with Gasteiger partial charge in [0.1, 0.15) is 5.38 Å². The van der Waals surface area contributed by atoms with Gasteiger partial charge in [0.15, 0.2) is 0 Å². The van der Waals surface area contributed by atoms with Crippen LogP contribution in [0.3, 0.4) is 0 Å². The van der Waals surface area contributed by atoms with Gasteiger partial charge in [0.25, 0.3) is 0 Å². The van der Waals surface area contributed by atoms with Crippen LogP contribution >= 0.6 is 11.6 Å². The van der Waals surface area contributed by atoms with Crippen LogP contribution in [-0.2, 0) is 14.8 Å². The molecule has 20 heavy (non-hydrogen) atoms. The predicted molar refractivity (Wildman–Crippen MR) is 80.5 cm³/mol. The third kappa shape index (κ3) is 4.77. The summed E-state index contributed by atoms with van der Waals surface area (Å²) in [6.07, 6.45) is 0.709. The summed E-state index contributed by atoms with van der Waals surface area (Å²) in [7, 11) is -3.52. The lowest BCUT2D eigenvalue weighted by Crippen LogP contribution is -2.32. The Morgan fingerprint density at radius 1 is 1.25 bits per heavy atom. The van der Waals surface area contributed by atoms with Crippen molar-refractivity contribution >= 4 is 33.2 Å². The van der Waals surface area contributed by atoms with Gasteiger partial charge in [-0.25, -0.2) is 13.1 Å². The van der Waals surface area contributed by atoms with E-state index in [1.165, 1.54) is 24.3 Å². The van der Waals surface area contributed by atoms with Crippen LogP contribution in [0.5, 0.6) is 0 Å². The number of anilines is 1. The van der Waals surface area contributed by atoms with Gasteiger partial charge in [-0.05, 0) is 44.5 Å². The third-order valence-electron chi connectivity index (χ3n) is 2.76. The van der Waals surface area contributed by atoms with Crippen LogP contribution in [0, 0.1) is 0 Å². The van der Waals surface area contributed by atoms with Gasteiger partial charge in [-0.1, -0.05) is 6.92 Å². The number of sulfonamides is 1. The van der Waals surface area contributed by atoms with Crippen molar-refractivity contribution in [2.75, 3.05) is 5.32 Å². The van der Waals surface area contributed by atoms with Crippen molar-refractivity contribution in [2.45, 2.75) is 43.5 Å². The maximum absolute atomic E-state index is 12.0. The van der Waals surface area contributed by atoms with Gasteiger partial charge >= 0.3 is 0 Å². The van der Waals surface area contributed by atoms with E-state index in [0.717, 1.165) is 0 Å². The highest BCUT2D eigenvalue weighted by atomic mass is 35.5. The summed E-state index contributed by atoms with van der Waals surface area (Å²) in [5.74, 6) is -0.333. The van der Waals surface area contributed by atoms with E-state index in [1.54, 1.807) is 13.8 Å². The number of carbonyl (C=O) groups excluding carboxylic acids is 1. The highest BCUT2D eigenvalue weighted by Crippen LogP contribution is 2.15. The average molecular weight is 319 g/mol. The van der Waals surface area contributed by atoms with Gasteiger partial charge < -0.3 is 5.32 Å². The van der Waals surface area contributed by atoms with Crippen LogP contribution in [0.15, 0.2) is 29.2 Å². The van der Waals surface area contributed by atoms with E-state index in [1.807, 2.05) is 6.92 Å². The highest BCUT2D eigenvalue weighted by molar-refractivity contribution is 7.89. The molecule has 112 valence electrons. The van der Waals surface area contributed by atoms with E-state index < -0.39 is 15.4 Å². The molecule has 0 aromatic heterocycles. The Kier molecular flexibility index (Phi) is 5.98. The molecule has 2 unspecified atom stereocenters. The topological polar surface area (TPSA) is 75.3 Å². The number of halogens is 1. The first-order valence-corrected chi connectivity index (χ1v) is 8.25. The van der Waals surface area contributed by atoms with Crippen molar-refractivity contribution in [1.29, 1.82) is 0 Å². The van der Waals surface area contributed by atoms with Crippen molar-refractivity contribution < 1.29 is 13.2 Å². The summed E-state index contributed by atoms with van der Waals surface area (Å²) in [4.78, 5) is 11.6. The van der Waals surface area contributed by atoms with E-state index in [9.17, 15) is 13.2 Å². The molecule has 0 aliphatic rings. The number of alkyl halides is 1. The number of amides is 1. The summed E-state index contributed by atoms with van der Waals surface area (Å²) in [6, 6.07) is 5.82. The Labute approximate surface area is 124 Å². The zero-order chi connectivity index (χ0) is 15.3. The van der Waals surface area contributed by atoms with Crippen LogP contribution in [0.25, 0.3) is 0 Å². The smallest absolute Gasteiger partial charge is 0.242 e. The summed E-state index contributed by atoms with van der Waals surface area (Å²) in [6.45, 7) is 5.26. The number of carbonyl (C=O) groups is 1. The van der Waals surface area contributed by atoms with E-state index >= 15 is 0 Å². The predicted octanol–water partition coefficient (Wildman–Crippen LogP) is 2.33. The van der Waals surface area contributed by atoms with Gasteiger partial charge in [-0.15, -0.1) is 11.6 Å². The first-order valence-electron chi connectivity index (χ1n) is 6.33. The molecule has 2 N–H and O–H groups in total. The van der Waals surface area contributed by atoms with Gasteiger partial charge in [0, 0.05) is 11.7 Å². The van der Waals surface area contributed by atoms with Crippen LogP contribution < -0.4 is 10.0 Å². The number of rotatable bonds is 6. The molecule has 1 aromatic rings. The Morgan fingerprint density at radius 3 is 2.25 bits per heavy atom. The molecular weight excluding hydrogens is 300 g/mol. The van der Waals surface area contributed by atoms with Crippen molar-refractivity contribution in [3.8, 4) is 0 Å². The zero-order valence-corrected chi connectivity index (χ0v) is 13.3. The van der Waals surface area contributed by atoms with Crippen LogP contribution in [0.4, 0.5) is 5.69 Å². The minimum atomic E-state index is -3.52. The molecule has 0 heterocycles. The Hall–Kier alpha value is -1.11. The monoisotopic (exact) mass is 318 g/mol. The maximum Gasteiger partial charge on any atom is 0.242 e. The SMILES string of the molecule is CCC(C)NS(=O)(=O)c1ccc(NC(=O)C(C)Cl)cc1. The van der Waals surface area contributed by atoms with Gasteiger partial charge in [0.2, 0.25) is 15.9 Å². The first kappa shape index (κ1) is 16.9. The summed E-state index contributed by atoms with van der Waals surface area (Å²) >= 11 is 5.64. The molecule has 0 saturated carbocycles. The number of hydrogen-bond donors (Lipinski definition) is 2. The lowest BCUT2D eigenvalue weighted by atomic mass is 10.3. The quantitative estimate of drug-likeness (QED) is 0.790. The molecule has 2 atom stereocenters. The van der Waals surface area contributed by atoms with E-state index in [4.69, 9.17) is 11.6 Å². The Balaban J connectivity index is 2.83. The molecule has 0 aliphatic carbocycles. The first-order chi connectivity index (χ1) is 9.26. The highest BCUT2D eigenvalue weighted by Gasteiger charge is 2.16. The Morgan fingerprint density at radius 2 is 1.80 bits per heavy atom. The molecule has 0 aliphatic heterocycles. The van der Waals surface area contributed by atoms with Crippen LogP contribution in [0.1, 0.15) is 27.2 Å². The molecule has 0 fully saturated rings. The van der Waals surface area contributed by atoms with Crippen molar-refractivity contribution in [3.63, 3.8) is 0 Å². The van der Waals surface area contributed by atoms with Gasteiger partial charge in [-0.3, -0.25) is 4.79 Å². The van der Waals surface area contributed by atoms with Crippen LogP contribution in [0.2, 0.25) is 0 Å². The molecule has 0 bridgehead atoms. The van der Waals surface area contributed by atoms with Gasteiger partial charge in [-0.2, -0.15) is 0 Å². The molecule has 5 nitrogen and oxygen atoms in total. The fraction of sp³-hybridized carbons (Fsp3) is 0.462. The third-order valence-corrected chi connectivity index (χ3v) is 4.57. The summed E-state index contributed by atoms with van der Waals surface area (Å²) in [5, 5.41) is 1.94. The fourth-order valence-electron chi connectivity index (χ4n) is 1.38. The molecule has 0 radical (unpaired) electrons. The zero-order valence-electron chi connectivity index (χ0n) is 11.7. The normalized spacial score (nSPS) is 14.6. The average Bonchev–Trinajstić information content (AvgIpc) is 2.38. The lowest BCUT2D eigenvalue weighted by Gasteiger charge is -2.12. The minimum absolute atomic E-state index is 0.128. The van der Waals surface area contributed by atoms with Gasteiger partial charge in [0.05, 0.1) is 4.90 Å². The largest absolute Gasteiger partial charge is 0.325 e. The van der Waals surface area contributed by atoms with E-state index in [0.29, 0.717) is 12.1 Å². The second-order valence-electron chi connectivity index (χ2n) is 4.56. The van der Waals surface area contributed by atoms with Crippen molar-refractivity contribution in [2.24, 2.45) is 0 Å². The summed E-state index contributed by atoms with van der Waals surface area (Å²) in [5.41, 5.74) is 0.505. The number of hydrogen-bond acceptors (Lipinski definition) is 3. The van der Waals surface area contributed by atoms with E-state index in [2.05, 4.69) is 10.0 Å². The van der Waals surface area contributed by atoms with E-state index in [-0.39, 0.29) is 16.8 Å². The molecule has 0 spiro atoms. The maximum atomic E-state index is 12.0. The second kappa shape index (κ2) is 7.06. The molecule has 0 saturated heterocycles. The lowest BCUT2D eigenvalue weighted by molar-refractivity contribution is -0.115. The molecule has 1 rings (SSSR count). The molecule has 1 amide bonds. The second-order valence-corrected chi connectivity index (χ2v) is 6.93. The molecule has 1 aromatic carbocycles. The fourth-order valence-corrected chi connectivity index (χ4v) is 2.76. The summed E-state index contributed by atoms with van der Waals surface area (Å²) < 4.78 is 26.6. The number of nitrogens with one attached hydrogen (secondary N) is 2. The standard InChI is InChI=1S/C13H19ClN2O3S/c1-4-9(2)16-20(18,19)12-7-5-11(6-8-12)15-13(17)10(3)14/h5-10,16H,4H2,1-3H3,(H,15,17). The molecular formula is C13H19ClN2O3S. The minimum Gasteiger partial charge on any atom is -0.325 e. The van der Waals surface area contributed by atoms with Crippen molar-refractivity contribution in [3.05, 3.63) is 24.3 Å². The molecule has 7 heteroatoms. The van der Waals surface area contributed by atoms with Crippen LogP contribution in [-0.4, -0.2) is 25.7 Å². The van der Waals surface area contributed by atoms with Crippen molar-refractivity contribution in [1.82, 2.24) is 4.72 Å². The number of benzene rings is 1.